The summed E-state index contributed by atoms with van der Waals surface area (Å²) < 4.78 is 5.84. The van der Waals surface area contributed by atoms with Crippen LogP contribution in [0.25, 0.3) is 0 Å². The van der Waals surface area contributed by atoms with Crippen molar-refractivity contribution < 1.29 is 4.74 Å². The summed E-state index contributed by atoms with van der Waals surface area (Å²) in [6.07, 6.45) is 2.60. The van der Waals surface area contributed by atoms with Crippen molar-refractivity contribution in [1.82, 2.24) is 15.6 Å². The van der Waals surface area contributed by atoms with Gasteiger partial charge in [0.15, 0.2) is 5.96 Å². The van der Waals surface area contributed by atoms with Crippen molar-refractivity contribution in [2.75, 3.05) is 19.6 Å². The summed E-state index contributed by atoms with van der Waals surface area (Å²) in [5.74, 6) is 1.53. The summed E-state index contributed by atoms with van der Waals surface area (Å²) in [5, 5.41) is 7.22. The predicted octanol–water partition coefficient (Wildman–Crippen LogP) is 3.92. The number of rotatable bonds is 8. The molecule has 0 aliphatic rings. The smallest absolute Gasteiger partial charge is 0.191 e. The zero-order chi connectivity index (χ0) is 17.9. The first-order chi connectivity index (χ1) is 12.2. The van der Waals surface area contributed by atoms with E-state index in [1.165, 1.54) is 0 Å². The summed E-state index contributed by atoms with van der Waals surface area (Å²) >= 11 is 5.97. The number of nitrogens with one attached hydrogen (secondary N) is 2. The molecule has 1 heterocycles. The topological polar surface area (TPSA) is 58.5 Å². The lowest BCUT2D eigenvalue weighted by atomic mass is 10.3. The lowest BCUT2D eigenvalue weighted by molar-refractivity contribution is 0.230. The molecule has 1 atom stereocenters. The van der Waals surface area contributed by atoms with Gasteiger partial charge in [0.25, 0.3) is 0 Å². The molecule has 26 heavy (non-hydrogen) atoms. The van der Waals surface area contributed by atoms with Gasteiger partial charge >= 0.3 is 0 Å². The lowest BCUT2D eigenvalue weighted by Gasteiger charge is -2.15. The molecule has 0 bridgehead atoms. The Bertz CT molecular complexity index is 670. The van der Waals surface area contributed by atoms with Crippen LogP contribution in [0.15, 0.2) is 53.7 Å². The fourth-order valence-corrected chi connectivity index (χ4v) is 2.41. The van der Waals surface area contributed by atoms with Crippen molar-refractivity contribution in [3.05, 3.63) is 59.4 Å². The summed E-state index contributed by atoms with van der Waals surface area (Å²) in [4.78, 5) is 8.90. The molecular formula is C19H26ClIN4O. The molecule has 0 saturated heterocycles. The van der Waals surface area contributed by atoms with E-state index in [1.807, 2.05) is 56.4 Å². The van der Waals surface area contributed by atoms with Gasteiger partial charge in [-0.25, -0.2) is 4.99 Å². The van der Waals surface area contributed by atoms with Gasteiger partial charge in [0, 0.05) is 36.4 Å². The van der Waals surface area contributed by atoms with E-state index in [1.54, 1.807) is 6.07 Å². The molecule has 7 heteroatoms. The van der Waals surface area contributed by atoms with Crippen LogP contribution >= 0.6 is 35.6 Å². The van der Waals surface area contributed by atoms with Crippen molar-refractivity contribution >= 4 is 41.5 Å². The largest absolute Gasteiger partial charge is 0.489 e. The molecule has 1 unspecified atom stereocenters. The second kappa shape index (κ2) is 12.8. The molecule has 2 rings (SSSR count). The standard InChI is InChI=1S/C19H25ClN4O.HI/c1-3-21-19(23-12-10-17-8-4-5-11-22-17)24-14-15(2)25-18-9-6-7-16(20)13-18;/h4-9,11,13,15H,3,10,12,14H2,1-2H3,(H2,21,23,24);1H. The van der Waals surface area contributed by atoms with E-state index in [0.717, 1.165) is 36.9 Å². The van der Waals surface area contributed by atoms with Crippen LogP contribution in [-0.2, 0) is 6.42 Å². The number of guanidine groups is 1. The molecule has 0 amide bonds. The number of halogens is 2. The Balaban J connectivity index is 0.00000338. The minimum atomic E-state index is -0.0512. The maximum Gasteiger partial charge on any atom is 0.191 e. The van der Waals surface area contributed by atoms with Crippen molar-refractivity contribution in [2.24, 2.45) is 4.99 Å². The average molecular weight is 489 g/mol. The maximum atomic E-state index is 5.97. The Morgan fingerprint density at radius 3 is 2.77 bits per heavy atom. The first-order valence-corrected chi connectivity index (χ1v) is 8.89. The molecule has 0 radical (unpaired) electrons. The van der Waals surface area contributed by atoms with E-state index in [9.17, 15) is 0 Å². The molecule has 5 nitrogen and oxygen atoms in total. The van der Waals surface area contributed by atoms with Gasteiger partial charge in [-0.2, -0.15) is 0 Å². The van der Waals surface area contributed by atoms with E-state index in [0.29, 0.717) is 11.6 Å². The van der Waals surface area contributed by atoms with E-state index in [2.05, 4.69) is 20.6 Å². The monoisotopic (exact) mass is 488 g/mol. The summed E-state index contributed by atoms with van der Waals surface area (Å²) in [6.45, 7) is 6.15. The number of ether oxygens (including phenoxy) is 1. The van der Waals surface area contributed by atoms with Crippen LogP contribution in [0.2, 0.25) is 5.02 Å². The third-order valence-electron chi connectivity index (χ3n) is 3.38. The number of pyridine rings is 1. The number of hydrogen-bond donors (Lipinski definition) is 2. The molecule has 0 fully saturated rings. The molecule has 142 valence electrons. The van der Waals surface area contributed by atoms with Gasteiger partial charge in [0.2, 0.25) is 0 Å². The number of aromatic nitrogens is 1. The number of hydrogen-bond acceptors (Lipinski definition) is 3. The van der Waals surface area contributed by atoms with Crippen LogP contribution < -0.4 is 15.4 Å². The molecule has 2 aromatic rings. The highest BCUT2D eigenvalue weighted by molar-refractivity contribution is 14.0. The van der Waals surface area contributed by atoms with E-state index in [-0.39, 0.29) is 30.1 Å². The highest BCUT2D eigenvalue weighted by Crippen LogP contribution is 2.18. The van der Waals surface area contributed by atoms with Gasteiger partial charge in [0.05, 0.1) is 6.54 Å². The Morgan fingerprint density at radius 2 is 2.08 bits per heavy atom. The van der Waals surface area contributed by atoms with Crippen LogP contribution in [0, 0.1) is 0 Å². The zero-order valence-electron chi connectivity index (χ0n) is 15.1. The number of nitrogens with zero attached hydrogens (tertiary/aromatic N) is 2. The molecule has 0 spiro atoms. The van der Waals surface area contributed by atoms with Crippen molar-refractivity contribution in [2.45, 2.75) is 26.4 Å². The van der Waals surface area contributed by atoms with Crippen molar-refractivity contribution in [3.8, 4) is 5.75 Å². The Morgan fingerprint density at radius 1 is 1.23 bits per heavy atom. The van der Waals surface area contributed by atoms with E-state index < -0.39 is 0 Å². The third kappa shape index (κ3) is 8.71. The zero-order valence-corrected chi connectivity index (χ0v) is 18.2. The van der Waals surface area contributed by atoms with E-state index in [4.69, 9.17) is 16.3 Å². The molecule has 1 aromatic carbocycles. The van der Waals surface area contributed by atoms with Gasteiger partial charge in [0.1, 0.15) is 11.9 Å². The van der Waals surface area contributed by atoms with Crippen LogP contribution in [-0.4, -0.2) is 36.7 Å². The quantitative estimate of drug-likeness (QED) is 0.336. The molecule has 2 N–H and O–H groups in total. The fourth-order valence-electron chi connectivity index (χ4n) is 2.23. The highest BCUT2D eigenvalue weighted by atomic mass is 127. The lowest BCUT2D eigenvalue weighted by Crippen LogP contribution is -2.39. The maximum absolute atomic E-state index is 5.97. The molecule has 0 aliphatic carbocycles. The fraction of sp³-hybridized carbons (Fsp3) is 0.368. The minimum absolute atomic E-state index is 0. The SMILES string of the molecule is CCNC(=NCC(C)Oc1cccc(Cl)c1)NCCc1ccccn1.I. The van der Waals surface area contributed by atoms with Crippen LogP contribution in [0.4, 0.5) is 0 Å². The Labute approximate surface area is 177 Å². The van der Waals surface area contributed by atoms with Crippen LogP contribution in [0.5, 0.6) is 5.75 Å². The normalized spacial score (nSPS) is 12.0. The Hall–Kier alpha value is -1.54. The van der Waals surface area contributed by atoms with Gasteiger partial charge in [-0.05, 0) is 44.2 Å². The molecule has 1 aromatic heterocycles. The van der Waals surface area contributed by atoms with E-state index >= 15 is 0 Å². The van der Waals surface area contributed by atoms with Gasteiger partial charge in [-0.15, -0.1) is 24.0 Å². The molecular weight excluding hydrogens is 463 g/mol. The molecule has 0 saturated carbocycles. The second-order valence-corrected chi connectivity index (χ2v) is 6.04. The van der Waals surface area contributed by atoms with Crippen molar-refractivity contribution in [3.63, 3.8) is 0 Å². The van der Waals surface area contributed by atoms with Crippen molar-refractivity contribution in [1.29, 1.82) is 0 Å². The number of benzene rings is 1. The summed E-state index contributed by atoms with van der Waals surface area (Å²) in [5.41, 5.74) is 1.06. The average Bonchev–Trinajstić information content (AvgIpc) is 2.60. The molecule has 0 aliphatic heterocycles. The Kier molecular flexibility index (Phi) is 11.0. The number of aliphatic imine (C=N–C) groups is 1. The van der Waals surface area contributed by atoms with Gasteiger partial charge in [-0.1, -0.05) is 23.7 Å². The van der Waals surface area contributed by atoms with Crippen LogP contribution in [0.1, 0.15) is 19.5 Å². The first-order valence-electron chi connectivity index (χ1n) is 8.51. The highest BCUT2D eigenvalue weighted by Gasteiger charge is 2.05. The summed E-state index contributed by atoms with van der Waals surface area (Å²) in [7, 11) is 0. The second-order valence-electron chi connectivity index (χ2n) is 5.60. The van der Waals surface area contributed by atoms with Gasteiger partial charge in [-0.3, -0.25) is 4.98 Å². The van der Waals surface area contributed by atoms with Gasteiger partial charge < -0.3 is 15.4 Å². The predicted molar refractivity (Wildman–Crippen MR) is 119 cm³/mol. The summed E-state index contributed by atoms with van der Waals surface area (Å²) in [6, 6.07) is 13.3. The third-order valence-corrected chi connectivity index (χ3v) is 3.62. The van der Waals surface area contributed by atoms with Crippen LogP contribution in [0.3, 0.4) is 0 Å². The first kappa shape index (κ1) is 22.5. The minimum Gasteiger partial charge on any atom is -0.489 e.